The second kappa shape index (κ2) is 9.20. The van der Waals surface area contributed by atoms with Crippen LogP contribution in [-0.2, 0) is 6.42 Å². The van der Waals surface area contributed by atoms with Crippen molar-refractivity contribution in [2.75, 3.05) is 17.6 Å². The van der Waals surface area contributed by atoms with E-state index in [1.165, 1.54) is 23.4 Å². The Balaban J connectivity index is 2.79. The maximum absolute atomic E-state index is 4.45. The van der Waals surface area contributed by atoms with Gasteiger partial charge in [0, 0.05) is 12.1 Å². The number of unbranched alkanes of at least 4 members (excludes halogenated alkanes) is 1. The topological polar surface area (TPSA) is 37.8 Å². The fraction of sp³-hybridized carbons (Fsp3) is 0.714. The molecule has 0 saturated heterocycles. The lowest BCUT2D eigenvalue weighted by molar-refractivity contribution is 0.845. The lowest BCUT2D eigenvalue weighted by atomic mass is 10.2. The number of hydrogen-bond donors (Lipinski definition) is 1. The van der Waals surface area contributed by atoms with Crippen molar-refractivity contribution in [1.29, 1.82) is 0 Å². The first kappa shape index (κ1) is 15.3. The highest BCUT2D eigenvalue weighted by Crippen LogP contribution is 2.26. The van der Waals surface area contributed by atoms with Gasteiger partial charge < -0.3 is 5.32 Å². The molecule has 0 atom stereocenters. The van der Waals surface area contributed by atoms with Crippen molar-refractivity contribution in [2.45, 2.75) is 57.9 Å². The van der Waals surface area contributed by atoms with E-state index in [2.05, 4.69) is 36.1 Å². The first-order valence-electron chi connectivity index (χ1n) is 7.03. The van der Waals surface area contributed by atoms with Gasteiger partial charge in [-0.2, -0.15) is 0 Å². The molecule has 1 aromatic rings. The summed E-state index contributed by atoms with van der Waals surface area (Å²) in [6.07, 6.45) is 7.48. The molecule has 0 amide bonds. The first-order chi connectivity index (χ1) is 8.83. The summed E-state index contributed by atoms with van der Waals surface area (Å²) in [7, 11) is 0. The van der Waals surface area contributed by atoms with Crippen LogP contribution in [0.15, 0.2) is 11.4 Å². The van der Waals surface area contributed by atoms with E-state index in [4.69, 9.17) is 0 Å². The van der Waals surface area contributed by atoms with E-state index in [1.54, 1.807) is 6.33 Å². The average Bonchev–Trinajstić information content (AvgIpc) is 2.39. The summed E-state index contributed by atoms with van der Waals surface area (Å²) >= 11 is 1.87. The van der Waals surface area contributed by atoms with Gasteiger partial charge in [0.05, 0.1) is 0 Å². The van der Waals surface area contributed by atoms with Crippen molar-refractivity contribution >= 4 is 17.6 Å². The Hall–Kier alpha value is -0.770. The SMILES string of the molecule is CCCCSc1ncnc(NCCC)c1CCC. The molecule has 3 nitrogen and oxygen atoms in total. The molecule has 1 rings (SSSR count). The fourth-order valence-electron chi connectivity index (χ4n) is 1.70. The number of rotatable bonds is 9. The van der Waals surface area contributed by atoms with Crippen molar-refractivity contribution in [3.05, 3.63) is 11.9 Å². The predicted molar refractivity (Wildman–Crippen MR) is 80.4 cm³/mol. The summed E-state index contributed by atoms with van der Waals surface area (Å²) in [4.78, 5) is 8.84. The number of anilines is 1. The van der Waals surface area contributed by atoms with Crippen LogP contribution in [0.1, 0.15) is 52.0 Å². The Kier molecular flexibility index (Phi) is 7.81. The third-order valence-corrected chi connectivity index (χ3v) is 3.80. The van der Waals surface area contributed by atoms with Gasteiger partial charge in [0.15, 0.2) is 0 Å². The molecule has 0 aliphatic heterocycles. The molecule has 0 fully saturated rings. The van der Waals surface area contributed by atoms with Crippen LogP contribution in [0.25, 0.3) is 0 Å². The van der Waals surface area contributed by atoms with Crippen LogP contribution in [0, 0.1) is 0 Å². The monoisotopic (exact) mass is 267 g/mol. The van der Waals surface area contributed by atoms with Gasteiger partial charge in [-0.1, -0.05) is 33.6 Å². The van der Waals surface area contributed by atoms with Gasteiger partial charge in [-0.05, 0) is 25.0 Å². The van der Waals surface area contributed by atoms with Gasteiger partial charge in [0.1, 0.15) is 17.2 Å². The summed E-state index contributed by atoms with van der Waals surface area (Å²) in [6, 6.07) is 0. The van der Waals surface area contributed by atoms with Crippen LogP contribution < -0.4 is 5.32 Å². The van der Waals surface area contributed by atoms with Crippen molar-refractivity contribution in [2.24, 2.45) is 0 Å². The van der Waals surface area contributed by atoms with E-state index < -0.39 is 0 Å². The highest BCUT2D eigenvalue weighted by molar-refractivity contribution is 7.99. The third-order valence-electron chi connectivity index (χ3n) is 2.68. The molecule has 0 aliphatic carbocycles. The second-order valence-electron chi connectivity index (χ2n) is 4.38. The highest BCUT2D eigenvalue weighted by atomic mass is 32.2. The predicted octanol–water partition coefficient (Wildman–Crippen LogP) is 4.14. The summed E-state index contributed by atoms with van der Waals surface area (Å²) < 4.78 is 0. The standard InChI is InChI=1S/C14H25N3S/c1-4-7-10-18-14-12(8-5-2)13(15-9-6-3)16-11-17-14/h11H,4-10H2,1-3H3,(H,15,16,17). The van der Waals surface area contributed by atoms with Crippen LogP contribution in [0.5, 0.6) is 0 Å². The Bertz CT molecular complexity index is 342. The lowest BCUT2D eigenvalue weighted by Crippen LogP contribution is -2.07. The number of nitrogens with zero attached hydrogens (tertiary/aromatic N) is 2. The van der Waals surface area contributed by atoms with E-state index in [9.17, 15) is 0 Å². The Morgan fingerprint density at radius 3 is 2.61 bits per heavy atom. The van der Waals surface area contributed by atoms with Crippen LogP contribution in [0.3, 0.4) is 0 Å². The molecule has 4 heteroatoms. The lowest BCUT2D eigenvalue weighted by Gasteiger charge is -2.13. The molecule has 0 aliphatic rings. The molecule has 1 heterocycles. The first-order valence-corrected chi connectivity index (χ1v) is 8.02. The molecule has 0 spiro atoms. The van der Waals surface area contributed by atoms with Crippen LogP contribution in [-0.4, -0.2) is 22.3 Å². The molecule has 102 valence electrons. The molecule has 0 saturated carbocycles. The number of hydrogen-bond acceptors (Lipinski definition) is 4. The number of nitrogens with one attached hydrogen (secondary N) is 1. The van der Waals surface area contributed by atoms with Crippen molar-refractivity contribution in [3.63, 3.8) is 0 Å². The summed E-state index contributed by atoms with van der Waals surface area (Å²) in [5, 5.41) is 4.58. The van der Waals surface area contributed by atoms with Gasteiger partial charge in [-0.3, -0.25) is 0 Å². The Labute approximate surface area is 115 Å². The van der Waals surface area contributed by atoms with E-state index in [0.717, 1.165) is 37.4 Å². The molecular weight excluding hydrogens is 242 g/mol. The van der Waals surface area contributed by atoms with Crippen molar-refractivity contribution in [1.82, 2.24) is 9.97 Å². The molecule has 0 bridgehead atoms. The Morgan fingerprint density at radius 1 is 1.11 bits per heavy atom. The summed E-state index contributed by atoms with van der Waals surface area (Å²) in [5.74, 6) is 2.19. The van der Waals surface area contributed by atoms with Gasteiger partial charge in [-0.15, -0.1) is 11.8 Å². The largest absolute Gasteiger partial charge is 0.370 e. The zero-order chi connectivity index (χ0) is 13.2. The quantitative estimate of drug-likeness (QED) is 0.414. The molecule has 0 unspecified atom stereocenters. The zero-order valence-electron chi connectivity index (χ0n) is 11.8. The molecule has 0 aromatic carbocycles. The van der Waals surface area contributed by atoms with Gasteiger partial charge >= 0.3 is 0 Å². The Morgan fingerprint density at radius 2 is 1.94 bits per heavy atom. The number of aromatic nitrogens is 2. The second-order valence-corrected chi connectivity index (χ2v) is 5.47. The van der Waals surface area contributed by atoms with Crippen LogP contribution in [0.2, 0.25) is 0 Å². The average molecular weight is 267 g/mol. The van der Waals surface area contributed by atoms with Gasteiger partial charge in [-0.25, -0.2) is 9.97 Å². The molecule has 0 radical (unpaired) electrons. The minimum atomic E-state index is 0.979. The maximum atomic E-state index is 4.45. The van der Waals surface area contributed by atoms with Gasteiger partial charge in [0.2, 0.25) is 0 Å². The van der Waals surface area contributed by atoms with Crippen LogP contribution in [0.4, 0.5) is 5.82 Å². The number of thioether (sulfide) groups is 1. The van der Waals surface area contributed by atoms with Crippen molar-refractivity contribution in [3.8, 4) is 0 Å². The van der Waals surface area contributed by atoms with E-state index in [0.29, 0.717) is 0 Å². The van der Waals surface area contributed by atoms with E-state index >= 15 is 0 Å². The normalized spacial score (nSPS) is 10.6. The highest BCUT2D eigenvalue weighted by Gasteiger charge is 2.10. The van der Waals surface area contributed by atoms with Crippen LogP contribution >= 0.6 is 11.8 Å². The third kappa shape index (κ3) is 4.84. The zero-order valence-corrected chi connectivity index (χ0v) is 12.6. The van der Waals surface area contributed by atoms with E-state index in [-0.39, 0.29) is 0 Å². The smallest absolute Gasteiger partial charge is 0.133 e. The summed E-state index contributed by atoms with van der Waals surface area (Å²) in [5.41, 5.74) is 1.30. The van der Waals surface area contributed by atoms with Gasteiger partial charge in [0.25, 0.3) is 0 Å². The maximum Gasteiger partial charge on any atom is 0.133 e. The molecular formula is C14H25N3S. The fourth-order valence-corrected chi connectivity index (χ4v) is 2.83. The summed E-state index contributed by atoms with van der Waals surface area (Å²) in [6.45, 7) is 7.58. The van der Waals surface area contributed by atoms with E-state index in [1.807, 2.05) is 11.8 Å². The minimum Gasteiger partial charge on any atom is -0.370 e. The molecule has 1 aromatic heterocycles. The van der Waals surface area contributed by atoms with Crippen molar-refractivity contribution < 1.29 is 0 Å². The molecule has 1 N–H and O–H groups in total. The minimum absolute atomic E-state index is 0.979. The molecule has 18 heavy (non-hydrogen) atoms.